The van der Waals surface area contributed by atoms with Crippen molar-refractivity contribution in [1.29, 1.82) is 0 Å². The van der Waals surface area contributed by atoms with E-state index in [0.717, 1.165) is 28.3 Å². The van der Waals surface area contributed by atoms with Gasteiger partial charge < -0.3 is 4.57 Å². The van der Waals surface area contributed by atoms with Crippen LogP contribution >= 0.6 is 23.2 Å². The van der Waals surface area contributed by atoms with E-state index in [9.17, 15) is 0 Å². The predicted octanol–water partition coefficient (Wildman–Crippen LogP) is 4.72. The molecule has 0 atom stereocenters. The van der Waals surface area contributed by atoms with Crippen molar-refractivity contribution in [2.24, 2.45) is 0 Å². The predicted molar refractivity (Wildman–Crippen MR) is 76.4 cm³/mol. The van der Waals surface area contributed by atoms with Gasteiger partial charge in [-0.05, 0) is 43.9 Å². The third-order valence-electron chi connectivity index (χ3n) is 4.22. The summed E-state index contributed by atoms with van der Waals surface area (Å²) in [4.78, 5) is 4.64. The van der Waals surface area contributed by atoms with E-state index in [1.807, 2.05) is 18.2 Å². The molecule has 1 aliphatic carbocycles. The van der Waals surface area contributed by atoms with Crippen molar-refractivity contribution in [3.05, 3.63) is 29.0 Å². The molecule has 18 heavy (non-hydrogen) atoms. The molecular formula is C14H16Cl2N2. The molecule has 1 heterocycles. The number of hydrogen-bond acceptors (Lipinski definition) is 1. The first kappa shape index (κ1) is 12.3. The van der Waals surface area contributed by atoms with Gasteiger partial charge in [0.25, 0.3) is 0 Å². The van der Waals surface area contributed by atoms with Gasteiger partial charge >= 0.3 is 0 Å². The molecule has 0 spiro atoms. The second-order valence-electron chi connectivity index (χ2n) is 5.06. The number of imidazole rings is 1. The highest BCUT2D eigenvalue weighted by atomic mass is 35.5. The Kier molecular flexibility index (Phi) is 3.03. The highest BCUT2D eigenvalue weighted by Crippen LogP contribution is 2.45. The van der Waals surface area contributed by atoms with Crippen LogP contribution in [0.5, 0.6) is 0 Å². The zero-order valence-electron chi connectivity index (χ0n) is 10.4. The third kappa shape index (κ3) is 1.66. The van der Waals surface area contributed by atoms with Crippen molar-refractivity contribution in [3.63, 3.8) is 0 Å². The second-order valence-corrected chi connectivity index (χ2v) is 5.77. The number of fused-ring (bicyclic) bond motifs is 1. The summed E-state index contributed by atoms with van der Waals surface area (Å²) in [5.41, 5.74) is 2.33. The zero-order valence-corrected chi connectivity index (χ0v) is 11.9. The number of hydrogen-bond donors (Lipinski definition) is 0. The van der Waals surface area contributed by atoms with Gasteiger partial charge in [-0.1, -0.05) is 18.5 Å². The van der Waals surface area contributed by atoms with E-state index in [0.29, 0.717) is 5.88 Å². The minimum Gasteiger partial charge on any atom is -0.321 e. The minimum atomic E-state index is 0.212. The SMILES string of the molecule is CCC1(n2c(CCl)nc3ccc(Cl)cc32)CCC1. The summed E-state index contributed by atoms with van der Waals surface area (Å²) in [6.07, 6.45) is 4.83. The van der Waals surface area contributed by atoms with E-state index in [1.54, 1.807) is 0 Å². The number of aromatic nitrogens is 2. The summed E-state index contributed by atoms with van der Waals surface area (Å²) < 4.78 is 2.34. The number of halogens is 2. The van der Waals surface area contributed by atoms with Gasteiger partial charge in [-0.2, -0.15) is 0 Å². The van der Waals surface area contributed by atoms with Gasteiger partial charge in [-0.15, -0.1) is 11.6 Å². The summed E-state index contributed by atoms with van der Waals surface area (Å²) in [6.45, 7) is 2.24. The van der Waals surface area contributed by atoms with Gasteiger partial charge in [-0.3, -0.25) is 0 Å². The first-order chi connectivity index (χ1) is 8.70. The van der Waals surface area contributed by atoms with E-state index in [4.69, 9.17) is 23.2 Å². The molecule has 1 aromatic carbocycles. The van der Waals surface area contributed by atoms with Crippen molar-refractivity contribution in [3.8, 4) is 0 Å². The van der Waals surface area contributed by atoms with Gasteiger partial charge in [0, 0.05) is 10.6 Å². The largest absolute Gasteiger partial charge is 0.321 e. The quantitative estimate of drug-likeness (QED) is 0.745. The lowest BCUT2D eigenvalue weighted by atomic mass is 9.74. The Morgan fingerprint density at radius 1 is 1.39 bits per heavy atom. The fourth-order valence-corrected chi connectivity index (χ4v) is 3.38. The lowest BCUT2D eigenvalue weighted by molar-refractivity contribution is 0.138. The topological polar surface area (TPSA) is 17.8 Å². The van der Waals surface area contributed by atoms with Crippen molar-refractivity contribution in [2.75, 3.05) is 0 Å². The Balaban J connectivity index is 2.27. The number of alkyl halides is 1. The number of nitrogens with zero attached hydrogens (tertiary/aromatic N) is 2. The maximum atomic E-state index is 6.12. The van der Waals surface area contributed by atoms with E-state index in [-0.39, 0.29) is 5.54 Å². The van der Waals surface area contributed by atoms with E-state index < -0.39 is 0 Å². The standard InChI is InChI=1S/C14H16Cl2N2/c1-2-14(6-3-7-14)18-12-8-10(16)4-5-11(12)17-13(18)9-15/h4-5,8H,2-3,6-7,9H2,1H3. The molecule has 2 aromatic rings. The lowest BCUT2D eigenvalue weighted by Crippen LogP contribution is -2.40. The first-order valence-corrected chi connectivity index (χ1v) is 7.35. The highest BCUT2D eigenvalue weighted by Gasteiger charge is 2.39. The van der Waals surface area contributed by atoms with Gasteiger partial charge in [0.15, 0.2) is 0 Å². The summed E-state index contributed by atoms with van der Waals surface area (Å²) >= 11 is 12.2. The van der Waals surface area contributed by atoms with Crippen LogP contribution in [0.15, 0.2) is 18.2 Å². The molecule has 3 rings (SSSR count). The van der Waals surface area contributed by atoms with Gasteiger partial charge in [0.05, 0.1) is 16.9 Å². The number of rotatable bonds is 3. The summed E-state index contributed by atoms with van der Waals surface area (Å²) in [7, 11) is 0. The molecule has 0 saturated heterocycles. The maximum absolute atomic E-state index is 6.12. The van der Waals surface area contributed by atoms with E-state index in [1.165, 1.54) is 19.3 Å². The van der Waals surface area contributed by atoms with Crippen molar-refractivity contribution in [1.82, 2.24) is 9.55 Å². The molecule has 1 aliphatic rings. The summed E-state index contributed by atoms with van der Waals surface area (Å²) in [6, 6.07) is 5.88. The molecule has 0 aliphatic heterocycles. The Morgan fingerprint density at radius 2 is 2.17 bits per heavy atom. The average molecular weight is 283 g/mol. The van der Waals surface area contributed by atoms with Crippen LogP contribution in [-0.2, 0) is 11.4 Å². The van der Waals surface area contributed by atoms with Crippen LogP contribution in [0.1, 0.15) is 38.4 Å². The van der Waals surface area contributed by atoms with E-state index in [2.05, 4.69) is 16.5 Å². The lowest BCUT2D eigenvalue weighted by Gasteiger charge is -2.44. The molecule has 1 saturated carbocycles. The van der Waals surface area contributed by atoms with Gasteiger partial charge in [0.1, 0.15) is 5.82 Å². The van der Waals surface area contributed by atoms with Crippen LogP contribution in [0.2, 0.25) is 5.02 Å². The fraction of sp³-hybridized carbons (Fsp3) is 0.500. The van der Waals surface area contributed by atoms with Crippen LogP contribution in [0.3, 0.4) is 0 Å². The molecule has 1 aromatic heterocycles. The second kappa shape index (κ2) is 4.43. The van der Waals surface area contributed by atoms with Gasteiger partial charge in [0.2, 0.25) is 0 Å². The molecule has 0 N–H and O–H groups in total. The van der Waals surface area contributed by atoms with E-state index >= 15 is 0 Å². The Labute approximate surface area is 117 Å². The average Bonchev–Trinajstić information content (AvgIpc) is 2.67. The minimum absolute atomic E-state index is 0.212. The smallest absolute Gasteiger partial charge is 0.125 e. The number of benzene rings is 1. The Bertz CT molecular complexity index is 579. The van der Waals surface area contributed by atoms with Crippen molar-refractivity contribution >= 4 is 34.2 Å². The summed E-state index contributed by atoms with van der Waals surface area (Å²) in [5, 5.41) is 0.760. The fourth-order valence-electron chi connectivity index (χ4n) is 3.04. The van der Waals surface area contributed by atoms with Crippen LogP contribution in [0.25, 0.3) is 11.0 Å². The molecule has 0 bridgehead atoms. The first-order valence-electron chi connectivity index (χ1n) is 6.43. The maximum Gasteiger partial charge on any atom is 0.125 e. The highest BCUT2D eigenvalue weighted by molar-refractivity contribution is 6.31. The Morgan fingerprint density at radius 3 is 2.72 bits per heavy atom. The third-order valence-corrected chi connectivity index (χ3v) is 4.70. The summed E-state index contributed by atoms with van der Waals surface area (Å²) in [5.74, 6) is 1.42. The molecule has 2 nitrogen and oxygen atoms in total. The molecule has 0 amide bonds. The van der Waals surface area contributed by atoms with Crippen LogP contribution in [0, 0.1) is 0 Å². The molecule has 0 radical (unpaired) electrons. The van der Waals surface area contributed by atoms with Crippen LogP contribution in [-0.4, -0.2) is 9.55 Å². The molecule has 0 unspecified atom stereocenters. The monoisotopic (exact) mass is 282 g/mol. The van der Waals surface area contributed by atoms with Gasteiger partial charge in [-0.25, -0.2) is 4.98 Å². The zero-order chi connectivity index (χ0) is 12.8. The Hall–Kier alpha value is -0.730. The molecule has 96 valence electrons. The van der Waals surface area contributed by atoms with Crippen molar-refractivity contribution in [2.45, 2.75) is 44.0 Å². The molecular weight excluding hydrogens is 267 g/mol. The molecule has 4 heteroatoms. The van der Waals surface area contributed by atoms with Crippen LogP contribution < -0.4 is 0 Å². The molecule has 1 fully saturated rings. The normalized spacial score (nSPS) is 17.9. The van der Waals surface area contributed by atoms with Crippen molar-refractivity contribution < 1.29 is 0 Å². The van der Waals surface area contributed by atoms with Crippen LogP contribution in [0.4, 0.5) is 0 Å².